The van der Waals surface area contributed by atoms with Gasteiger partial charge in [0.05, 0.1) is 0 Å². The lowest BCUT2D eigenvalue weighted by Gasteiger charge is -2.29. The predicted octanol–water partition coefficient (Wildman–Crippen LogP) is 0.680. The van der Waals surface area contributed by atoms with Crippen LogP contribution in [0.3, 0.4) is 0 Å². The minimum absolute atomic E-state index is 0.135. The molecule has 0 aromatic heterocycles. The van der Waals surface area contributed by atoms with E-state index < -0.39 is 10.2 Å². The van der Waals surface area contributed by atoms with Crippen LogP contribution in [0.4, 0.5) is 0 Å². The second kappa shape index (κ2) is 6.68. The highest BCUT2D eigenvalue weighted by Gasteiger charge is 2.25. The van der Waals surface area contributed by atoms with Crippen LogP contribution in [0.25, 0.3) is 0 Å². The molecular formula is C11H25N3O2S. The normalized spacial score (nSPS) is 21.6. The fourth-order valence-electron chi connectivity index (χ4n) is 1.94. The van der Waals surface area contributed by atoms with Gasteiger partial charge < -0.3 is 5.73 Å². The number of nitrogens with zero attached hydrogens (tertiary/aromatic N) is 1. The van der Waals surface area contributed by atoms with Crippen LogP contribution >= 0.6 is 0 Å². The average Bonchev–Trinajstić information content (AvgIpc) is 2.25. The lowest BCUT2D eigenvalue weighted by molar-refractivity contribution is 0.285. The summed E-state index contributed by atoms with van der Waals surface area (Å²) in [5.74, 6) is 0.638. The molecule has 102 valence electrons. The molecule has 1 saturated heterocycles. The van der Waals surface area contributed by atoms with Crippen molar-refractivity contribution in [3.63, 3.8) is 0 Å². The maximum absolute atomic E-state index is 11.9. The molecule has 1 fully saturated rings. The molecule has 1 heterocycles. The zero-order valence-electron chi connectivity index (χ0n) is 10.9. The van der Waals surface area contributed by atoms with Gasteiger partial charge in [-0.2, -0.15) is 12.7 Å². The van der Waals surface area contributed by atoms with E-state index in [-0.39, 0.29) is 6.04 Å². The summed E-state index contributed by atoms with van der Waals surface area (Å²) in [4.78, 5) is 0. The molecule has 1 aliphatic heterocycles. The van der Waals surface area contributed by atoms with E-state index in [1.165, 1.54) is 0 Å². The van der Waals surface area contributed by atoms with Gasteiger partial charge in [0.2, 0.25) is 0 Å². The summed E-state index contributed by atoms with van der Waals surface area (Å²) in [5.41, 5.74) is 5.61. The van der Waals surface area contributed by atoms with Crippen molar-refractivity contribution in [3.8, 4) is 0 Å². The fraction of sp³-hybridized carbons (Fsp3) is 1.00. The average molecular weight is 263 g/mol. The zero-order valence-corrected chi connectivity index (χ0v) is 11.7. The van der Waals surface area contributed by atoms with Crippen LogP contribution in [0.2, 0.25) is 0 Å². The first-order valence-corrected chi connectivity index (χ1v) is 7.86. The Morgan fingerprint density at radius 3 is 2.53 bits per heavy atom. The van der Waals surface area contributed by atoms with Crippen LogP contribution in [0.5, 0.6) is 0 Å². The SMILES string of the molecule is CC(N)CCCNS(=O)(=O)N1CCC(C)CC1. The van der Waals surface area contributed by atoms with Crippen LogP contribution in [0, 0.1) is 5.92 Å². The number of hydrogen-bond acceptors (Lipinski definition) is 3. The molecule has 0 aromatic carbocycles. The summed E-state index contributed by atoms with van der Waals surface area (Å²) >= 11 is 0. The van der Waals surface area contributed by atoms with E-state index in [4.69, 9.17) is 5.73 Å². The largest absolute Gasteiger partial charge is 0.328 e. The van der Waals surface area contributed by atoms with Crippen molar-refractivity contribution in [3.05, 3.63) is 0 Å². The summed E-state index contributed by atoms with van der Waals surface area (Å²) in [6.45, 7) is 5.87. The Morgan fingerprint density at radius 1 is 1.41 bits per heavy atom. The Bertz CT molecular complexity index is 309. The van der Waals surface area contributed by atoms with Gasteiger partial charge in [0, 0.05) is 25.7 Å². The monoisotopic (exact) mass is 263 g/mol. The number of piperidine rings is 1. The minimum Gasteiger partial charge on any atom is -0.328 e. The fourth-order valence-corrected chi connectivity index (χ4v) is 3.22. The number of nitrogens with one attached hydrogen (secondary N) is 1. The van der Waals surface area contributed by atoms with Gasteiger partial charge in [-0.1, -0.05) is 6.92 Å². The second-order valence-electron chi connectivity index (χ2n) is 5.10. The van der Waals surface area contributed by atoms with E-state index in [9.17, 15) is 8.42 Å². The van der Waals surface area contributed by atoms with E-state index in [1.807, 2.05) is 6.92 Å². The Morgan fingerprint density at radius 2 is 2.00 bits per heavy atom. The van der Waals surface area contributed by atoms with Gasteiger partial charge in [-0.05, 0) is 38.5 Å². The summed E-state index contributed by atoms with van der Waals surface area (Å²) in [6, 6.07) is 0.135. The molecule has 0 spiro atoms. The Kier molecular flexibility index (Phi) is 5.85. The molecule has 1 rings (SSSR count). The molecule has 1 atom stereocenters. The first kappa shape index (κ1) is 14.9. The predicted molar refractivity (Wildman–Crippen MR) is 69.8 cm³/mol. The van der Waals surface area contributed by atoms with Crippen molar-refractivity contribution < 1.29 is 8.42 Å². The molecule has 0 amide bonds. The zero-order chi connectivity index (χ0) is 12.9. The molecule has 0 aromatic rings. The van der Waals surface area contributed by atoms with Crippen LogP contribution in [0.1, 0.15) is 39.5 Å². The van der Waals surface area contributed by atoms with Crippen molar-refractivity contribution in [2.75, 3.05) is 19.6 Å². The third-order valence-corrected chi connectivity index (χ3v) is 4.82. The Balaban J connectivity index is 2.30. The topological polar surface area (TPSA) is 75.4 Å². The third-order valence-electron chi connectivity index (χ3n) is 3.20. The number of rotatable bonds is 6. The molecule has 0 saturated carbocycles. The lowest BCUT2D eigenvalue weighted by Crippen LogP contribution is -2.45. The third kappa shape index (κ3) is 5.33. The maximum Gasteiger partial charge on any atom is 0.279 e. The van der Waals surface area contributed by atoms with Gasteiger partial charge in [0.25, 0.3) is 10.2 Å². The van der Waals surface area contributed by atoms with Crippen LogP contribution < -0.4 is 10.5 Å². The summed E-state index contributed by atoms with van der Waals surface area (Å²) < 4.78 is 28.0. The second-order valence-corrected chi connectivity index (χ2v) is 6.86. The minimum atomic E-state index is -3.26. The Labute approximate surface area is 105 Å². The molecule has 0 aliphatic carbocycles. The van der Waals surface area contributed by atoms with Gasteiger partial charge in [-0.3, -0.25) is 0 Å². The van der Waals surface area contributed by atoms with Crippen molar-refractivity contribution in [1.82, 2.24) is 9.03 Å². The molecule has 0 bridgehead atoms. The van der Waals surface area contributed by atoms with Crippen molar-refractivity contribution in [2.24, 2.45) is 11.7 Å². The van der Waals surface area contributed by atoms with E-state index in [1.54, 1.807) is 4.31 Å². The molecule has 6 heteroatoms. The highest BCUT2D eigenvalue weighted by Crippen LogP contribution is 2.17. The van der Waals surface area contributed by atoms with Crippen LogP contribution in [-0.4, -0.2) is 38.4 Å². The molecule has 17 heavy (non-hydrogen) atoms. The van der Waals surface area contributed by atoms with Gasteiger partial charge in [-0.15, -0.1) is 0 Å². The van der Waals surface area contributed by atoms with Crippen molar-refractivity contribution >= 4 is 10.2 Å². The van der Waals surface area contributed by atoms with Gasteiger partial charge in [0.15, 0.2) is 0 Å². The van der Waals surface area contributed by atoms with E-state index in [2.05, 4.69) is 11.6 Å². The van der Waals surface area contributed by atoms with Crippen LogP contribution in [0.15, 0.2) is 0 Å². The number of hydrogen-bond donors (Lipinski definition) is 2. The molecule has 0 radical (unpaired) electrons. The smallest absolute Gasteiger partial charge is 0.279 e. The number of nitrogens with two attached hydrogens (primary N) is 1. The quantitative estimate of drug-likeness (QED) is 0.692. The van der Waals surface area contributed by atoms with E-state index >= 15 is 0 Å². The molecular weight excluding hydrogens is 238 g/mol. The summed E-state index contributed by atoms with van der Waals surface area (Å²) in [6.07, 6.45) is 3.56. The highest BCUT2D eigenvalue weighted by molar-refractivity contribution is 7.87. The first-order chi connectivity index (χ1) is 7.92. The van der Waals surface area contributed by atoms with Crippen molar-refractivity contribution in [2.45, 2.75) is 45.6 Å². The Hall–Kier alpha value is -0.170. The molecule has 3 N–H and O–H groups in total. The van der Waals surface area contributed by atoms with Crippen LogP contribution in [-0.2, 0) is 10.2 Å². The maximum atomic E-state index is 11.9. The first-order valence-electron chi connectivity index (χ1n) is 6.42. The van der Waals surface area contributed by atoms with Gasteiger partial charge >= 0.3 is 0 Å². The van der Waals surface area contributed by atoms with Gasteiger partial charge in [0.1, 0.15) is 0 Å². The molecule has 5 nitrogen and oxygen atoms in total. The molecule has 1 unspecified atom stereocenters. The highest BCUT2D eigenvalue weighted by atomic mass is 32.2. The lowest BCUT2D eigenvalue weighted by atomic mass is 10.0. The van der Waals surface area contributed by atoms with Gasteiger partial charge in [-0.25, -0.2) is 4.72 Å². The molecule has 1 aliphatic rings. The summed E-state index contributed by atoms with van der Waals surface area (Å²) in [5, 5.41) is 0. The van der Waals surface area contributed by atoms with E-state index in [0.717, 1.165) is 25.7 Å². The van der Waals surface area contributed by atoms with Crippen molar-refractivity contribution in [1.29, 1.82) is 0 Å². The standard InChI is InChI=1S/C11H25N3O2S/c1-10-5-8-14(9-6-10)17(15,16)13-7-3-4-11(2)12/h10-11,13H,3-9,12H2,1-2H3. The summed E-state index contributed by atoms with van der Waals surface area (Å²) in [7, 11) is -3.26. The van der Waals surface area contributed by atoms with E-state index in [0.29, 0.717) is 25.6 Å².